The topological polar surface area (TPSA) is 77.9 Å². The first-order valence-corrected chi connectivity index (χ1v) is 6.76. The van der Waals surface area contributed by atoms with Crippen LogP contribution >= 0.6 is 0 Å². The summed E-state index contributed by atoms with van der Waals surface area (Å²) in [4.78, 5) is 10.6. The molecule has 0 fully saturated rings. The third-order valence-electron chi connectivity index (χ3n) is 2.14. The Morgan fingerprint density at radius 1 is 1.12 bits per heavy atom. The number of carbonyl (C=O) groups is 1. The number of hydrogen-bond donors (Lipinski definition) is 1. The first kappa shape index (κ1) is 15.3. The summed E-state index contributed by atoms with van der Waals surface area (Å²) in [7, 11) is -3.63. The Hall–Kier alpha value is -0.660. The van der Waals surface area contributed by atoms with Crippen LogP contribution in [0.15, 0.2) is 0 Å². The van der Waals surface area contributed by atoms with E-state index in [9.17, 15) is 13.2 Å². The average molecular weight is 252 g/mol. The lowest BCUT2D eigenvalue weighted by molar-refractivity contribution is -0.137. The average Bonchev–Trinajstić information content (AvgIpc) is 2.18. The molecule has 0 heterocycles. The molecule has 0 saturated carbocycles. The molecule has 0 radical (unpaired) electrons. The van der Waals surface area contributed by atoms with E-state index in [2.05, 4.69) is 0 Å². The molecule has 0 amide bonds. The van der Waals surface area contributed by atoms with Crippen LogP contribution in [0.1, 0.15) is 27.2 Å². The summed E-state index contributed by atoms with van der Waals surface area (Å²) in [5, 5.41) is 8.68. The second-order valence-corrected chi connectivity index (χ2v) is 5.25. The highest BCUT2D eigenvalue weighted by Crippen LogP contribution is 2.08. The van der Waals surface area contributed by atoms with Crippen molar-refractivity contribution in [3.63, 3.8) is 0 Å². The zero-order valence-corrected chi connectivity index (χ0v) is 10.8. The van der Waals surface area contributed by atoms with Gasteiger partial charge >= 0.3 is 5.97 Å². The highest BCUT2D eigenvalue weighted by Gasteiger charge is 2.28. The van der Waals surface area contributed by atoms with Crippen LogP contribution < -0.4 is 0 Å². The van der Waals surface area contributed by atoms with Gasteiger partial charge in [0.1, 0.15) is 6.54 Å². The lowest BCUT2D eigenvalue weighted by Gasteiger charge is -2.26. The molecule has 0 atom stereocenters. The maximum absolute atomic E-state index is 12.0. The van der Waals surface area contributed by atoms with Crippen LogP contribution in [0.2, 0.25) is 0 Å². The summed E-state index contributed by atoms with van der Waals surface area (Å²) in [5.74, 6) is -1.14. The minimum atomic E-state index is -3.63. The molecular weight excluding hydrogens is 232 g/mol. The van der Waals surface area contributed by atoms with Gasteiger partial charge in [-0.3, -0.25) is 4.79 Å². The van der Waals surface area contributed by atoms with Gasteiger partial charge in [0.25, 0.3) is 10.2 Å². The Kier molecular flexibility index (Phi) is 6.54. The van der Waals surface area contributed by atoms with E-state index in [1.807, 2.05) is 6.92 Å². The van der Waals surface area contributed by atoms with Gasteiger partial charge in [0.05, 0.1) is 0 Å². The molecular formula is C9H20N2O4S. The van der Waals surface area contributed by atoms with Crippen LogP contribution in [-0.2, 0) is 15.0 Å². The van der Waals surface area contributed by atoms with Gasteiger partial charge in [-0.1, -0.05) is 20.8 Å². The summed E-state index contributed by atoms with van der Waals surface area (Å²) in [6, 6.07) is 0. The van der Waals surface area contributed by atoms with E-state index < -0.39 is 22.7 Å². The molecule has 0 aromatic rings. The molecule has 0 rings (SSSR count). The fourth-order valence-corrected chi connectivity index (χ4v) is 3.06. The lowest BCUT2D eigenvalue weighted by atomic mass is 10.5. The molecule has 0 aliphatic heterocycles. The Morgan fingerprint density at radius 2 is 1.62 bits per heavy atom. The molecule has 7 heteroatoms. The van der Waals surface area contributed by atoms with Gasteiger partial charge in [-0.05, 0) is 6.42 Å². The standard InChI is InChI=1S/C9H20N2O4S/c1-4-7-11(8-9(12)13)16(14,15)10(5-2)6-3/h4-8H2,1-3H3,(H,12,13). The summed E-state index contributed by atoms with van der Waals surface area (Å²) in [5.41, 5.74) is 0. The number of nitrogens with zero attached hydrogens (tertiary/aromatic N) is 2. The highest BCUT2D eigenvalue weighted by molar-refractivity contribution is 7.86. The normalized spacial score (nSPS) is 12.3. The van der Waals surface area contributed by atoms with E-state index >= 15 is 0 Å². The molecule has 0 spiro atoms. The lowest BCUT2D eigenvalue weighted by Crippen LogP contribution is -2.46. The monoisotopic (exact) mass is 252 g/mol. The summed E-state index contributed by atoms with van der Waals surface area (Å²) in [6.45, 7) is 5.71. The smallest absolute Gasteiger partial charge is 0.318 e. The van der Waals surface area contributed by atoms with Crippen LogP contribution in [-0.4, -0.2) is 54.3 Å². The van der Waals surface area contributed by atoms with E-state index in [1.165, 1.54) is 4.31 Å². The molecule has 1 N–H and O–H groups in total. The van der Waals surface area contributed by atoms with Gasteiger partial charge in [-0.15, -0.1) is 0 Å². The largest absolute Gasteiger partial charge is 0.480 e. The number of aliphatic carboxylic acids is 1. The fourth-order valence-electron chi connectivity index (χ4n) is 1.39. The van der Waals surface area contributed by atoms with Gasteiger partial charge < -0.3 is 5.11 Å². The zero-order valence-electron chi connectivity index (χ0n) is 10.0. The van der Waals surface area contributed by atoms with Crippen molar-refractivity contribution in [2.24, 2.45) is 0 Å². The minimum Gasteiger partial charge on any atom is -0.480 e. The van der Waals surface area contributed by atoms with Crippen molar-refractivity contribution in [1.82, 2.24) is 8.61 Å². The van der Waals surface area contributed by atoms with Crippen LogP contribution in [0, 0.1) is 0 Å². The minimum absolute atomic E-state index is 0.227. The van der Waals surface area contributed by atoms with Crippen molar-refractivity contribution < 1.29 is 18.3 Å². The predicted octanol–water partition coefficient (Wildman–Crippen LogP) is 0.370. The molecule has 0 aromatic heterocycles. The van der Waals surface area contributed by atoms with Gasteiger partial charge in [-0.25, -0.2) is 0 Å². The van der Waals surface area contributed by atoms with E-state index in [0.29, 0.717) is 19.5 Å². The highest BCUT2D eigenvalue weighted by atomic mass is 32.2. The summed E-state index contributed by atoms with van der Waals surface area (Å²) < 4.78 is 26.3. The zero-order chi connectivity index (χ0) is 12.8. The number of rotatable bonds is 8. The molecule has 96 valence electrons. The van der Waals surface area contributed by atoms with Crippen LogP contribution in [0.3, 0.4) is 0 Å². The molecule has 0 unspecified atom stereocenters. The molecule has 0 saturated heterocycles. The van der Waals surface area contributed by atoms with Crippen molar-refractivity contribution in [3.8, 4) is 0 Å². The Morgan fingerprint density at radius 3 is 1.94 bits per heavy atom. The van der Waals surface area contributed by atoms with Crippen molar-refractivity contribution in [3.05, 3.63) is 0 Å². The van der Waals surface area contributed by atoms with Gasteiger partial charge in [-0.2, -0.15) is 17.0 Å². The van der Waals surface area contributed by atoms with Crippen LogP contribution in [0.5, 0.6) is 0 Å². The summed E-state index contributed by atoms with van der Waals surface area (Å²) in [6.07, 6.45) is 0.591. The first-order chi connectivity index (χ1) is 7.39. The molecule has 0 aliphatic rings. The maximum atomic E-state index is 12.0. The Balaban J connectivity index is 4.94. The second kappa shape index (κ2) is 6.82. The third kappa shape index (κ3) is 4.07. The molecule has 0 aliphatic carbocycles. The van der Waals surface area contributed by atoms with E-state index in [1.54, 1.807) is 13.8 Å². The molecule has 6 nitrogen and oxygen atoms in total. The fraction of sp³-hybridized carbons (Fsp3) is 0.889. The number of carboxylic acids is 1. The van der Waals surface area contributed by atoms with Gasteiger partial charge in [0, 0.05) is 19.6 Å². The first-order valence-electron chi connectivity index (χ1n) is 5.37. The number of carboxylic acid groups (broad SMARTS) is 1. The Labute approximate surface area is 97.0 Å². The van der Waals surface area contributed by atoms with E-state index in [-0.39, 0.29) is 6.54 Å². The Bertz CT molecular complexity index is 311. The van der Waals surface area contributed by atoms with Crippen LogP contribution in [0.25, 0.3) is 0 Å². The van der Waals surface area contributed by atoms with Crippen molar-refractivity contribution in [2.75, 3.05) is 26.2 Å². The predicted molar refractivity (Wildman–Crippen MR) is 61.3 cm³/mol. The summed E-state index contributed by atoms with van der Waals surface area (Å²) >= 11 is 0. The van der Waals surface area contributed by atoms with Crippen molar-refractivity contribution in [2.45, 2.75) is 27.2 Å². The van der Waals surface area contributed by atoms with Crippen molar-refractivity contribution >= 4 is 16.2 Å². The molecule has 0 aromatic carbocycles. The maximum Gasteiger partial charge on any atom is 0.318 e. The van der Waals surface area contributed by atoms with Gasteiger partial charge in [0.2, 0.25) is 0 Å². The van der Waals surface area contributed by atoms with E-state index in [0.717, 1.165) is 4.31 Å². The van der Waals surface area contributed by atoms with Crippen LogP contribution in [0.4, 0.5) is 0 Å². The number of hydrogen-bond acceptors (Lipinski definition) is 3. The quantitative estimate of drug-likeness (QED) is 0.677. The van der Waals surface area contributed by atoms with E-state index in [4.69, 9.17) is 5.11 Å². The third-order valence-corrected chi connectivity index (χ3v) is 4.28. The van der Waals surface area contributed by atoms with Gasteiger partial charge in [0.15, 0.2) is 0 Å². The molecule has 16 heavy (non-hydrogen) atoms. The van der Waals surface area contributed by atoms with Crippen molar-refractivity contribution in [1.29, 1.82) is 0 Å². The second-order valence-electron chi connectivity index (χ2n) is 3.32. The molecule has 0 bridgehead atoms. The SMILES string of the molecule is CCCN(CC(=O)O)S(=O)(=O)N(CC)CC.